The normalized spacial score (nSPS) is 16.9. The van der Waals surface area contributed by atoms with Crippen molar-refractivity contribution in [2.24, 2.45) is 5.92 Å². The van der Waals surface area contributed by atoms with E-state index in [1.165, 1.54) is 11.3 Å². The minimum atomic E-state index is 0.306. The van der Waals surface area contributed by atoms with E-state index in [1.54, 1.807) is 0 Å². The SMILES string of the molecule is CCNCc1cccc(Cl)c1N1CCC(CO)CC1. The van der Waals surface area contributed by atoms with Crippen LogP contribution >= 0.6 is 11.6 Å². The predicted molar refractivity (Wildman–Crippen MR) is 80.9 cm³/mol. The number of piperidine rings is 1. The van der Waals surface area contributed by atoms with Crippen LogP contribution in [-0.2, 0) is 6.54 Å². The largest absolute Gasteiger partial charge is 0.396 e. The molecule has 1 saturated heterocycles. The van der Waals surface area contributed by atoms with Crippen LogP contribution in [0.15, 0.2) is 18.2 Å². The van der Waals surface area contributed by atoms with Gasteiger partial charge in [0.2, 0.25) is 0 Å². The molecule has 0 amide bonds. The molecule has 0 atom stereocenters. The Morgan fingerprint density at radius 3 is 2.74 bits per heavy atom. The van der Waals surface area contributed by atoms with Crippen molar-refractivity contribution in [3.8, 4) is 0 Å². The van der Waals surface area contributed by atoms with E-state index in [4.69, 9.17) is 11.6 Å². The fourth-order valence-electron chi connectivity index (χ4n) is 2.66. The second-order valence-electron chi connectivity index (χ2n) is 5.14. The zero-order chi connectivity index (χ0) is 13.7. The van der Waals surface area contributed by atoms with E-state index < -0.39 is 0 Å². The number of nitrogens with zero attached hydrogens (tertiary/aromatic N) is 1. The van der Waals surface area contributed by atoms with Crippen LogP contribution in [0.1, 0.15) is 25.3 Å². The van der Waals surface area contributed by atoms with Crippen molar-refractivity contribution in [2.75, 3.05) is 31.1 Å². The van der Waals surface area contributed by atoms with E-state index in [1.807, 2.05) is 12.1 Å². The van der Waals surface area contributed by atoms with Crippen LogP contribution < -0.4 is 10.2 Å². The Morgan fingerprint density at radius 2 is 2.11 bits per heavy atom. The quantitative estimate of drug-likeness (QED) is 0.872. The molecule has 0 radical (unpaired) electrons. The Hall–Kier alpha value is -0.770. The first-order chi connectivity index (χ1) is 9.26. The maximum Gasteiger partial charge on any atom is 0.0642 e. The van der Waals surface area contributed by atoms with Gasteiger partial charge in [-0.15, -0.1) is 0 Å². The highest BCUT2D eigenvalue weighted by Gasteiger charge is 2.21. The molecule has 0 spiro atoms. The van der Waals surface area contributed by atoms with Crippen LogP contribution in [0.4, 0.5) is 5.69 Å². The summed E-state index contributed by atoms with van der Waals surface area (Å²) in [5, 5.41) is 13.4. The van der Waals surface area contributed by atoms with Crippen molar-refractivity contribution < 1.29 is 5.11 Å². The lowest BCUT2D eigenvalue weighted by Gasteiger charge is -2.34. The molecule has 106 valence electrons. The lowest BCUT2D eigenvalue weighted by molar-refractivity contribution is 0.203. The number of hydrogen-bond donors (Lipinski definition) is 2. The van der Waals surface area contributed by atoms with Gasteiger partial charge in [0, 0.05) is 26.2 Å². The van der Waals surface area contributed by atoms with Gasteiger partial charge < -0.3 is 15.3 Å². The molecule has 1 fully saturated rings. The van der Waals surface area contributed by atoms with Gasteiger partial charge in [0.1, 0.15) is 0 Å². The van der Waals surface area contributed by atoms with Gasteiger partial charge in [-0.05, 0) is 36.9 Å². The summed E-state index contributed by atoms with van der Waals surface area (Å²) in [4.78, 5) is 2.36. The summed E-state index contributed by atoms with van der Waals surface area (Å²) in [6, 6.07) is 6.12. The van der Waals surface area contributed by atoms with Gasteiger partial charge in [-0.2, -0.15) is 0 Å². The number of halogens is 1. The van der Waals surface area contributed by atoms with Crippen LogP contribution in [0, 0.1) is 5.92 Å². The molecule has 0 aromatic heterocycles. The molecule has 2 N–H and O–H groups in total. The molecule has 1 aliphatic heterocycles. The van der Waals surface area contributed by atoms with Crippen LogP contribution in [-0.4, -0.2) is 31.3 Å². The standard InChI is InChI=1S/C15H23ClN2O/c1-2-17-10-13-4-3-5-14(16)15(13)18-8-6-12(11-19)7-9-18/h3-5,12,17,19H,2,6-11H2,1H3. The third-order valence-electron chi connectivity index (χ3n) is 3.82. The first-order valence-electron chi connectivity index (χ1n) is 7.10. The van der Waals surface area contributed by atoms with E-state index in [0.717, 1.165) is 44.0 Å². The average molecular weight is 283 g/mol. The zero-order valence-electron chi connectivity index (χ0n) is 11.5. The summed E-state index contributed by atoms with van der Waals surface area (Å²) >= 11 is 6.39. The van der Waals surface area contributed by atoms with E-state index in [2.05, 4.69) is 23.2 Å². The summed E-state index contributed by atoms with van der Waals surface area (Å²) in [5.41, 5.74) is 2.43. The summed E-state index contributed by atoms with van der Waals surface area (Å²) in [6.07, 6.45) is 2.09. The Morgan fingerprint density at radius 1 is 1.37 bits per heavy atom. The molecule has 4 heteroatoms. The van der Waals surface area contributed by atoms with Crippen molar-refractivity contribution in [2.45, 2.75) is 26.3 Å². The van der Waals surface area contributed by atoms with Gasteiger partial charge in [0.25, 0.3) is 0 Å². The summed E-state index contributed by atoms with van der Waals surface area (Å²) in [7, 11) is 0. The zero-order valence-corrected chi connectivity index (χ0v) is 12.3. The number of hydrogen-bond acceptors (Lipinski definition) is 3. The first-order valence-corrected chi connectivity index (χ1v) is 7.48. The Kier molecular flexibility index (Phi) is 5.49. The van der Waals surface area contributed by atoms with Crippen LogP contribution in [0.25, 0.3) is 0 Å². The van der Waals surface area contributed by atoms with E-state index >= 15 is 0 Å². The second kappa shape index (κ2) is 7.13. The Balaban J connectivity index is 2.14. The summed E-state index contributed by atoms with van der Waals surface area (Å²) in [6.45, 7) is 6.19. The third kappa shape index (κ3) is 3.62. The predicted octanol–water partition coefficient (Wildman–Crippen LogP) is 2.66. The topological polar surface area (TPSA) is 35.5 Å². The molecule has 3 nitrogen and oxygen atoms in total. The molecule has 0 aliphatic carbocycles. The summed E-state index contributed by atoms with van der Waals surface area (Å²) < 4.78 is 0. The van der Waals surface area contributed by atoms with E-state index in [-0.39, 0.29) is 0 Å². The number of para-hydroxylation sites is 1. The van der Waals surface area contributed by atoms with Crippen molar-refractivity contribution in [1.29, 1.82) is 0 Å². The molecule has 0 saturated carbocycles. The highest BCUT2D eigenvalue weighted by Crippen LogP contribution is 2.33. The third-order valence-corrected chi connectivity index (χ3v) is 4.13. The highest BCUT2D eigenvalue weighted by molar-refractivity contribution is 6.33. The second-order valence-corrected chi connectivity index (χ2v) is 5.55. The molecular weight excluding hydrogens is 260 g/mol. The molecule has 19 heavy (non-hydrogen) atoms. The number of anilines is 1. The van der Waals surface area contributed by atoms with Crippen molar-refractivity contribution >= 4 is 17.3 Å². The molecule has 1 aromatic carbocycles. The smallest absolute Gasteiger partial charge is 0.0642 e. The lowest BCUT2D eigenvalue weighted by Crippen LogP contribution is -2.35. The monoisotopic (exact) mass is 282 g/mol. The van der Waals surface area contributed by atoms with Crippen LogP contribution in [0.2, 0.25) is 5.02 Å². The maximum atomic E-state index is 9.22. The molecular formula is C15H23ClN2O. The van der Waals surface area contributed by atoms with Gasteiger partial charge in [-0.1, -0.05) is 30.7 Å². The molecule has 1 aliphatic rings. The van der Waals surface area contributed by atoms with Crippen LogP contribution in [0.5, 0.6) is 0 Å². The minimum Gasteiger partial charge on any atom is -0.396 e. The van der Waals surface area contributed by atoms with E-state index in [0.29, 0.717) is 12.5 Å². The van der Waals surface area contributed by atoms with Gasteiger partial charge in [-0.3, -0.25) is 0 Å². The van der Waals surface area contributed by atoms with Crippen molar-refractivity contribution in [1.82, 2.24) is 5.32 Å². The van der Waals surface area contributed by atoms with Crippen LogP contribution in [0.3, 0.4) is 0 Å². The fraction of sp³-hybridized carbons (Fsp3) is 0.600. The van der Waals surface area contributed by atoms with Gasteiger partial charge >= 0.3 is 0 Å². The highest BCUT2D eigenvalue weighted by atomic mass is 35.5. The number of benzene rings is 1. The lowest BCUT2D eigenvalue weighted by atomic mass is 9.97. The first kappa shape index (κ1) is 14.6. The number of aliphatic hydroxyl groups is 1. The van der Waals surface area contributed by atoms with Gasteiger partial charge in [0.15, 0.2) is 0 Å². The van der Waals surface area contributed by atoms with Crippen molar-refractivity contribution in [3.63, 3.8) is 0 Å². The number of rotatable bonds is 5. The fourth-order valence-corrected chi connectivity index (χ4v) is 2.97. The van der Waals surface area contributed by atoms with E-state index in [9.17, 15) is 5.11 Å². The Bertz CT molecular complexity index is 403. The molecule has 1 heterocycles. The average Bonchev–Trinajstić information content (AvgIpc) is 2.45. The molecule has 2 rings (SSSR count). The number of aliphatic hydroxyl groups excluding tert-OH is 1. The van der Waals surface area contributed by atoms with Gasteiger partial charge in [-0.25, -0.2) is 0 Å². The molecule has 0 bridgehead atoms. The minimum absolute atomic E-state index is 0.306. The van der Waals surface area contributed by atoms with Crippen molar-refractivity contribution in [3.05, 3.63) is 28.8 Å². The molecule has 0 unspecified atom stereocenters. The summed E-state index contributed by atoms with van der Waals surface area (Å²) in [5.74, 6) is 0.455. The van der Waals surface area contributed by atoms with Gasteiger partial charge in [0.05, 0.1) is 10.7 Å². The number of nitrogens with one attached hydrogen (secondary N) is 1. The maximum absolute atomic E-state index is 9.22. The molecule has 1 aromatic rings. The Labute approximate surface area is 120 Å².